The lowest BCUT2D eigenvalue weighted by Crippen LogP contribution is -2.15. The van der Waals surface area contributed by atoms with Gasteiger partial charge in [-0.2, -0.15) is 11.8 Å². The van der Waals surface area contributed by atoms with Gasteiger partial charge in [0.15, 0.2) is 0 Å². The Morgan fingerprint density at radius 2 is 2.24 bits per heavy atom. The topological polar surface area (TPSA) is 57.8 Å². The Kier molecular flexibility index (Phi) is 4.60. The molecule has 4 nitrogen and oxygen atoms in total. The van der Waals surface area contributed by atoms with Crippen molar-refractivity contribution >= 4 is 22.7 Å². The number of nitrogens with one attached hydrogen (secondary N) is 2. The summed E-state index contributed by atoms with van der Waals surface area (Å²) in [7, 11) is 0. The Morgan fingerprint density at radius 3 is 3.14 bits per heavy atom. The Labute approximate surface area is 128 Å². The van der Waals surface area contributed by atoms with Crippen LogP contribution in [0.5, 0.6) is 0 Å². The predicted octanol–water partition coefficient (Wildman–Crippen LogP) is 2.61. The molecule has 1 aromatic carbocycles. The van der Waals surface area contributed by atoms with Crippen molar-refractivity contribution in [3.8, 4) is 0 Å². The number of nitrogens with zero attached hydrogens (tertiary/aromatic N) is 1. The molecule has 0 bridgehead atoms. The largest absolute Gasteiger partial charge is 0.317 e. The summed E-state index contributed by atoms with van der Waals surface area (Å²) in [5, 5.41) is 4.78. The van der Waals surface area contributed by atoms with Crippen LogP contribution >= 0.6 is 11.8 Å². The van der Waals surface area contributed by atoms with E-state index in [0.29, 0.717) is 10.6 Å². The van der Waals surface area contributed by atoms with Crippen LogP contribution in [0.4, 0.5) is 0 Å². The van der Waals surface area contributed by atoms with Crippen LogP contribution in [-0.2, 0) is 5.75 Å². The zero-order valence-electron chi connectivity index (χ0n) is 12.3. The van der Waals surface area contributed by atoms with Gasteiger partial charge in [-0.3, -0.25) is 4.79 Å². The van der Waals surface area contributed by atoms with Crippen LogP contribution in [0.2, 0.25) is 0 Å². The van der Waals surface area contributed by atoms with Gasteiger partial charge in [0.25, 0.3) is 5.56 Å². The van der Waals surface area contributed by atoms with Gasteiger partial charge in [-0.15, -0.1) is 0 Å². The number of H-pyrrole nitrogens is 1. The van der Waals surface area contributed by atoms with Gasteiger partial charge in [0, 0.05) is 5.25 Å². The van der Waals surface area contributed by atoms with E-state index in [0.717, 1.165) is 35.7 Å². The van der Waals surface area contributed by atoms with Gasteiger partial charge in [0.2, 0.25) is 0 Å². The SMILES string of the molecule is Cc1cccc2c(=O)[nH]c(CSC3CCCNCC3)nc12. The highest BCUT2D eigenvalue weighted by molar-refractivity contribution is 7.99. The van der Waals surface area contributed by atoms with E-state index in [9.17, 15) is 4.79 Å². The number of rotatable bonds is 3. The molecular weight excluding hydrogens is 282 g/mol. The average molecular weight is 303 g/mol. The van der Waals surface area contributed by atoms with Crippen molar-refractivity contribution in [2.24, 2.45) is 0 Å². The summed E-state index contributed by atoms with van der Waals surface area (Å²) in [6.45, 7) is 4.22. The van der Waals surface area contributed by atoms with Gasteiger partial charge in [0.05, 0.1) is 16.7 Å². The predicted molar refractivity (Wildman–Crippen MR) is 88.9 cm³/mol. The van der Waals surface area contributed by atoms with E-state index in [4.69, 9.17) is 0 Å². The molecule has 1 aliphatic heterocycles. The Balaban J connectivity index is 1.78. The minimum Gasteiger partial charge on any atom is -0.317 e. The third-order valence-corrected chi connectivity index (χ3v) is 5.35. The molecule has 1 aromatic heterocycles. The summed E-state index contributed by atoms with van der Waals surface area (Å²) >= 11 is 1.91. The number of benzene rings is 1. The van der Waals surface area contributed by atoms with Crippen molar-refractivity contribution in [1.82, 2.24) is 15.3 Å². The molecule has 0 spiro atoms. The first kappa shape index (κ1) is 14.6. The minimum atomic E-state index is -0.0261. The van der Waals surface area contributed by atoms with Gasteiger partial charge in [-0.1, -0.05) is 12.1 Å². The quantitative estimate of drug-likeness (QED) is 0.915. The lowest BCUT2D eigenvalue weighted by molar-refractivity contribution is 0.703. The van der Waals surface area contributed by atoms with Crippen LogP contribution in [0.15, 0.2) is 23.0 Å². The van der Waals surface area contributed by atoms with Crippen LogP contribution in [0.25, 0.3) is 10.9 Å². The van der Waals surface area contributed by atoms with Crippen molar-refractivity contribution in [3.63, 3.8) is 0 Å². The fourth-order valence-electron chi connectivity index (χ4n) is 2.77. The van der Waals surface area contributed by atoms with E-state index >= 15 is 0 Å². The second kappa shape index (κ2) is 6.62. The van der Waals surface area contributed by atoms with E-state index in [1.54, 1.807) is 0 Å². The zero-order chi connectivity index (χ0) is 14.7. The monoisotopic (exact) mass is 303 g/mol. The van der Waals surface area contributed by atoms with Gasteiger partial charge >= 0.3 is 0 Å². The molecule has 1 fully saturated rings. The van der Waals surface area contributed by atoms with Gasteiger partial charge in [-0.05, 0) is 50.9 Å². The summed E-state index contributed by atoms with van der Waals surface area (Å²) in [5.74, 6) is 1.58. The van der Waals surface area contributed by atoms with Crippen LogP contribution in [0.3, 0.4) is 0 Å². The summed E-state index contributed by atoms with van der Waals surface area (Å²) < 4.78 is 0. The van der Waals surface area contributed by atoms with Gasteiger partial charge in [0.1, 0.15) is 5.82 Å². The first-order chi connectivity index (χ1) is 10.2. The molecule has 2 heterocycles. The number of hydrogen-bond donors (Lipinski definition) is 2. The maximum Gasteiger partial charge on any atom is 0.258 e. The first-order valence-corrected chi connectivity index (χ1v) is 8.60. The molecule has 5 heteroatoms. The van der Waals surface area contributed by atoms with Crippen molar-refractivity contribution < 1.29 is 0 Å². The molecular formula is C16H21N3OS. The highest BCUT2D eigenvalue weighted by Crippen LogP contribution is 2.24. The second-order valence-corrected chi connectivity index (χ2v) is 6.89. The second-order valence-electron chi connectivity index (χ2n) is 5.60. The molecule has 1 aliphatic rings. The molecule has 0 aliphatic carbocycles. The van der Waals surface area contributed by atoms with Crippen LogP contribution in [0.1, 0.15) is 30.7 Å². The molecule has 21 heavy (non-hydrogen) atoms. The number of para-hydroxylation sites is 1. The number of aryl methyl sites for hydroxylation is 1. The fraction of sp³-hybridized carbons (Fsp3) is 0.500. The molecule has 0 saturated carbocycles. The molecule has 2 aromatic rings. The maximum absolute atomic E-state index is 12.1. The molecule has 1 saturated heterocycles. The smallest absolute Gasteiger partial charge is 0.258 e. The maximum atomic E-state index is 12.1. The van der Waals surface area contributed by atoms with Crippen molar-refractivity contribution in [1.29, 1.82) is 0 Å². The summed E-state index contributed by atoms with van der Waals surface area (Å²) in [6, 6.07) is 5.74. The molecule has 3 rings (SSSR count). The van der Waals surface area contributed by atoms with Crippen LogP contribution < -0.4 is 10.9 Å². The first-order valence-electron chi connectivity index (χ1n) is 7.55. The lowest BCUT2D eigenvalue weighted by atomic mass is 10.1. The number of fused-ring (bicyclic) bond motifs is 1. The molecule has 112 valence electrons. The number of aromatic nitrogens is 2. The number of hydrogen-bond acceptors (Lipinski definition) is 4. The van der Waals surface area contributed by atoms with E-state index < -0.39 is 0 Å². The van der Waals surface area contributed by atoms with Crippen molar-refractivity contribution in [2.75, 3.05) is 13.1 Å². The zero-order valence-corrected chi connectivity index (χ0v) is 13.1. The number of aromatic amines is 1. The summed E-state index contributed by atoms with van der Waals surface area (Å²) in [5.41, 5.74) is 1.87. The highest BCUT2D eigenvalue weighted by atomic mass is 32.2. The van der Waals surface area contributed by atoms with Gasteiger partial charge < -0.3 is 10.3 Å². The Bertz CT molecular complexity index is 675. The van der Waals surface area contributed by atoms with E-state index in [2.05, 4.69) is 15.3 Å². The van der Waals surface area contributed by atoms with E-state index in [1.807, 2.05) is 36.9 Å². The Morgan fingerprint density at radius 1 is 1.33 bits per heavy atom. The molecule has 1 atom stereocenters. The third-order valence-electron chi connectivity index (χ3n) is 3.97. The van der Waals surface area contributed by atoms with Gasteiger partial charge in [-0.25, -0.2) is 4.98 Å². The standard InChI is InChI=1S/C16H21N3OS/c1-11-4-2-6-13-15(11)18-14(19-16(13)20)10-21-12-5-3-8-17-9-7-12/h2,4,6,12,17H,3,5,7-10H2,1H3,(H,18,19,20). The van der Waals surface area contributed by atoms with Crippen LogP contribution in [0, 0.1) is 6.92 Å². The molecule has 0 radical (unpaired) electrons. The summed E-state index contributed by atoms with van der Waals surface area (Å²) in [6.07, 6.45) is 3.68. The Hall–Kier alpha value is -1.33. The highest BCUT2D eigenvalue weighted by Gasteiger charge is 2.13. The molecule has 1 unspecified atom stereocenters. The number of thioether (sulfide) groups is 1. The molecule has 2 N–H and O–H groups in total. The molecule has 0 amide bonds. The normalized spacial score (nSPS) is 19.6. The average Bonchev–Trinajstić information content (AvgIpc) is 2.75. The lowest BCUT2D eigenvalue weighted by Gasteiger charge is -2.13. The van der Waals surface area contributed by atoms with E-state index in [-0.39, 0.29) is 5.56 Å². The summed E-state index contributed by atoms with van der Waals surface area (Å²) in [4.78, 5) is 19.7. The van der Waals surface area contributed by atoms with Crippen LogP contribution in [-0.4, -0.2) is 28.3 Å². The minimum absolute atomic E-state index is 0.0261. The fourth-order valence-corrected chi connectivity index (χ4v) is 3.92. The van der Waals surface area contributed by atoms with Crippen molar-refractivity contribution in [2.45, 2.75) is 37.2 Å². The van der Waals surface area contributed by atoms with E-state index in [1.165, 1.54) is 19.3 Å². The third kappa shape index (κ3) is 3.47. The van der Waals surface area contributed by atoms with Crippen molar-refractivity contribution in [3.05, 3.63) is 39.9 Å².